The Balaban J connectivity index is 2.18. The predicted molar refractivity (Wildman–Crippen MR) is 34.0 cm³/mol. The maximum Gasteiger partial charge on any atom is 0.108 e. The van der Waals surface area contributed by atoms with Gasteiger partial charge in [-0.2, -0.15) is 0 Å². The summed E-state index contributed by atoms with van der Waals surface area (Å²) < 4.78 is 5.15. The highest BCUT2D eigenvalue weighted by molar-refractivity contribution is 5.17. The zero-order valence-electron chi connectivity index (χ0n) is 5.08. The Bertz CT molecular complexity index is 193. The van der Waals surface area contributed by atoms with Crippen LogP contribution in [0.5, 0.6) is 0 Å². The summed E-state index contributed by atoms with van der Waals surface area (Å²) in [5, 5.41) is 0. The van der Waals surface area contributed by atoms with Crippen LogP contribution in [0.2, 0.25) is 0 Å². The second-order valence-electron chi connectivity index (χ2n) is 2.52. The van der Waals surface area contributed by atoms with Gasteiger partial charge in [0.1, 0.15) is 5.76 Å². The van der Waals surface area contributed by atoms with Gasteiger partial charge in [0.2, 0.25) is 0 Å². The van der Waals surface area contributed by atoms with E-state index in [1.165, 1.54) is 0 Å². The molecule has 2 atom stereocenters. The van der Waals surface area contributed by atoms with Crippen molar-refractivity contribution in [3.8, 4) is 0 Å². The van der Waals surface area contributed by atoms with Gasteiger partial charge in [0.25, 0.3) is 0 Å². The lowest BCUT2D eigenvalue weighted by Gasteiger charge is -1.86. The molecule has 0 radical (unpaired) electrons. The smallest absolute Gasteiger partial charge is 0.108 e. The van der Waals surface area contributed by atoms with E-state index in [4.69, 9.17) is 10.2 Å². The molecule has 0 aromatic carbocycles. The Morgan fingerprint density at radius 3 is 2.89 bits per heavy atom. The zero-order valence-corrected chi connectivity index (χ0v) is 5.08. The Hall–Kier alpha value is -0.760. The predicted octanol–water partition coefficient (Wildman–Crippen LogP) is 1.09. The van der Waals surface area contributed by atoms with Crippen molar-refractivity contribution in [1.29, 1.82) is 0 Å². The van der Waals surface area contributed by atoms with E-state index in [0.717, 1.165) is 12.2 Å². The van der Waals surface area contributed by atoms with Crippen LogP contribution in [0.4, 0.5) is 0 Å². The molecule has 48 valence electrons. The third kappa shape index (κ3) is 0.754. The van der Waals surface area contributed by atoms with Gasteiger partial charge in [-0.25, -0.2) is 0 Å². The molecule has 1 heterocycles. The van der Waals surface area contributed by atoms with E-state index in [1.807, 2.05) is 12.1 Å². The van der Waals surface area contributed by atoms with Crippen molar-refractivity contribution in [2.75, 3.05) is 0 Å². The van der Waals surface area contributed by atoms with Gasteiger partial charge in [-0.05, 0) is 18.6 Å². The molecule has 2 nitrogen and oxygen atoms in total. The Morgan fingerprint density at radius 2 is 2.44 bits per heavy atom. The van der Waals surface area contributed by atoms with Gasteiger partial charge in [0, 0.05) is 12.0 Å². The molecule has 1 aromatic rings. The Morgan fingerprint density at radius 1 is 1.67 bits per heavy atom. The van der Waals surface area contributed by atoms with Gasteiger partial charge >= 0.3 is 0 Å². The number of hydrogen-bond donors (Lipinski definition) is 1. The number of rotatable bonds is 1. The van der Waals surface area contributed by atoms with E-state index < -0.39 is 0 Å². The monoisotopic (exact) mass is 123 g/mol. The van der Waals surface area contributed by atoms with Crippen molar-refractivity contribution in [2.24, 2.45) is 5.73 Å². The molecule has 1 fully saturated rings. The molecule has 1 aromatic heterocycles. The maximum absolute atomic E-state index is 5.60. The molecule has 0 unspecified atom stereocenters. The first-order valence-corrected chi connectivity index (χ1v) is 3.17. The third-order valence-corrected chi connectivity index (χ3v) is 1.75. The standard InChI is InChI=1S/C7H9NO/c8-6-4-5(6)7-2-1-3-9-7/h1-3,5-6H,4,8H2/t5-,6-/m1/s1. The quantitative estimate of drug-likeness (QED) is 0.607. The maximum atomic E-state index is 5.60. The highest BCUT2D eigenvalue weighted by Gasteiger charge is 2.36. The average molecular weight is 123 g/mol. The molecule has 0 saturated heterocycles. The molecule has 2 rings (SSSR count). The highest BCUT2D eigenvalue weighted by atomic mass is 16.3. The average Bonchev–Trinajstić information content (AvgIpc) is 2.44. The van der Waals surface area contributed by atoms with Crippen LogP contribution >= 0.6 is 0 Å². The largest absolute Gasteiger partial charge is 0.469 e. The molecule has 1 aliphatic carbocycles. The normalized spacial score (nSPS) is 32.6. The van der Waals surface area contributed by atoms with E-state index in [-0.39, 0.29) is 0 Å². The molecule has 0 spiro atoms. The van der Waals surface area contributed by atoms with Gasteiger partial charge in [-0.3, -0.25) is 0 Å². The van der Waals surface area contributed by atoms with Crippen LogP contribution in [-0.2, 0) is 0 Å². The molecule has 2 heteroatoms. The van der Waals surface area contributed by atoms with Crippen molar-refractivity contribution < 1.29 is 4.42 Å². The molecular weight excluding hydrogens is 114 g/mol. The topological polar surface area (TPSA) is 39.2 Å². The van der Waals surface area contributed by atoms with Crippen molar-refractivity contribution in [2.45, 2.75) is 18.4 Å². The van der Waals surface area contributed by atoms with Crippen LogP contribution in [0.1, 0.15) is 18.1 Å². The fourth-order valence-corrected chi connectivity index (χ4v) is 1.04. The molecule has 2 N–H and O–H groups in total. The van der Waals surface area contributed by atoms with E-state index in [2.05, 4.69) is 0 Å². The fourth-order valence-electron chi connectivity index (χ4n) is 1.04. The van der Waals surface area contributed by atoms with Gasteiger partial charge in [-0.1, -0.05) is 0 Å². The third-order valence-electron chi connectivity index (χ3n) is 1.75. The summed E-state index contributed by atoms with van der Waals surface area (Å²) >= 11 is 0. The SMILES string of the molecule is N[C@@H]1C[C@H]1c1ccco1. The Kier molecular flexibility index (Phi) is 0.904. The molecule has 9 heavy (non-hydrogen) atoms. The summed E-state index contributed by atoms with van der Waals surface area (Å²) in [5.41, 5.74) is 5.60. The Labute approximate surface area is 53.7 Å². The minimum Gasteiger partial charge on any atom is -0.469 e. The number of hydrogen-bond acceptors (Lipinski definition) is 2. The molecule has 1 saturated carbocycles. The van der Waals surface area contributed by atoms with Crippen LogP contribution in [0, 0.1) is 0 Å². The van der Waals surface area contributed by atoms with Crippen LogP contribution in [0.25, 0.3) is 0 Å². The first-order valence-electron chi connectivity index (χ1n) is 3.17. The number of nitrogens with two attached hydrogens (primary N) is 1. The summed E-state index contributed by atoms with van der Waals surface area (Å²) in [6.45, 7) is 0. The molecule has 0 bridgehead atoms. The van der Waals surface area contributed by atoms with Crippen molar-refractivity contribution in [1.82, 2.24) is 0 Å². The number of furan rings is 1. The lowest BCUT2D eigenvalue weighted by molar-refractivity contribution is 0.509. The fraction of sp³-hybridized carbons (Fsp3) is 0.429. The lowest BCUT2D eigenvalue weighted by atomic mass is 10.3. The van der Waals surface area contributed by atoms with Crippen molar-refractivity contribution in [3.63, 3.8) is 0 Å². The molecule has 0 aliphatic heterocycles. The van der Waals surface area contributed by atoms with Gasteiger partial charge < -0.3 is 10.2 Å². The van der Waals surface area contributed by atoms with E-state index in [9.17, 15) is 0 Å². The van der Waals surface area contributed by atoms with Crippen molar-refractivity contribution >= 4 is 0 Å². The second kappa shape index (κ2) is 1.61. The minimum atomic E-state index is 0.358. The van der Waals surface area contributed by atoms with Crippen LogP contribution in [-0.4, -0.2) is 6.04 Å². The molecule has 0 amide bonds. The molecular formula is C7H9NO. The highest BCUT2D eigenvalue weighted by Crippen LogP contribution is 2.38. The summed E-state index contributed by atoms with van der Waals surface area (Å²) in [4.78, 5) is 0. The van der Waals surface area contributed by atoms with Gasteiger partial charge in [0.05, 0.1) is 6.26 Å². The summed E-state index contributed by atoms with van der Waals surface area (Å²) in [6.07, 6.45) is 2.79. The van der Waals surface area contributed by atoms with Gasteiger partial charge in [0.15, 0.2) is 0 Å². The van der Waals surface area contributed by atoms with Crippen LogP contribution in [0.3, 0.4) is 0 Å². The second-order valence-corrected chi connectivity index (χ2v) is 2.52. The van der Waals surface area contributed by atoms with Crippen LogP contribution < -0.4 is 5.73 Å². The van der Waals surface area contributed by atoms with Crippen LogP contribution in [0.15, 0.2) is 22.8 Å². The van der Waals surface area contributed by atoms with Gasteiger partial charge in [-0.15, -0.1) is 0 Å². The first-order chi connectivity index (χ1) is 4.38. The van der Waals surface area contributed by atoms with Crippen molar-refractivity contribution in [3.05, 3.63) is 24.2 Å². The van der Waals surface area contributed by atoms with E-state index in [0.29, 0.717) is 12.0 Å². The zero-order chi connectivity index (χ0) is 6.27. The first kappa shape index (κ1) is 5.06. The summed E-state index contributed by atoms with van der Waals surface area (Å²) in [7, 11) is 0. The lowest BCUT2D eigenvalue weighted by Crippen LogP contribution is -1.99. The van der Waals surface area contributed by atoms with E-state index >= 15 is 0 Å². The summed E-state index contributed by atoms with van der Waals surface area (Å²) in [6, 6.07) is 4.24. The molecule has 1 aliphatic rings. The summed E-state index contributed by atoms with van der Waals surface area (Å²) in [5.74, 6) is 1.56. The minimum absolute atomic E-state index is 0.358. The van der Waals surface area contributed by atoms with E-state index in [1.54, 1.807) is 6.26 Å².